The molecule has 0 aromatic carbocycles. The molecule has 3 saturated heterocycles. The number of likely N-dealkylation sites (tertiary alicyclic amines) is 1. The van der Waals surface area contributed by atoms with Gasteiger partial charge in [-0.1, -0.05) is 38.8 Å². The molecule has 0 saturated carbocycles. The van der Waals surface area contributed by atoms with E-state index in [0.29, 0.717) is 49.0 Å². The maximum Gasteiger partial charge on any atom is 0.231 e. The van der Waals surface area contributed by atoms with E-state index < -0.39 is 5.79 Å². The second-order valence-electron chi connectivity index (χ2n) is 13.3. The molecule has 3 aromatic rings. The number of likely N-dealkylation sites (N-methyl/N-ethyl adjacent to an activating group) is 1. The maximum atomic E-state index is 6.38. The first kappa shape index (κ1) is 31.4. The predicted molar refractivity (Wildman–Crippen MR) is 172 cm³/mol. The third-order valence-electron chi connectivity index (χ3n) is 10.0. The molecule has 2 N–H and O–H groups in total. The van der Waals surface area contributed by atoms with Gasteiger partial charge < -0.3 is 29.5 Å². The molecule has 3 fully saturated rings. The molecule has 0 bridgehead atoms. The Morgan fingerprint density at radius 1 is 1.02 bits per heavy atom. The summed E-state index contributed by atoms with van der Waals surface area (Å²) in [5.74, 6) is 1.81. The summed E-state index contributed by atoms with van der Waals surface area (Å²) >= 11 is 0. The molecule has 2 unspecified atom stereocenters. The van der Waals surface area contributed by atoms with Gasteiger partial charge in [-0.15, -0.1) is 0 Å². The molecule has 0 radical (unpaired) electrons. The first-order valence-corrected chi connectivity index (χ1v) is 17.1. The van der Waals surface area contributed by atoms with Crippen molar-refractivity contribution in [2.45, 2.75) is 116 Å². The average Bonchev–Trinajstić information content (AvgIpc) is 3.82. The van der Waals surface area contributed by atoms with Gasteiger partial charge in [0, 0.05) is 37.2 Å². The fourth-order valence-corrected chi connectivity index (χ4v) is 7.41. The Hall–Kier alpha value is -2.60. The molecule has 3 aromatic heterocycles. The fraction of sp³-hybridized carbons (Fsp3) is 0.758. The summed E-state index contributed by atoms with van der Waals surface area (Å²) in [5, 5.41) is 10.8. The van der Waals surface area contributed by atoms with E-state index >= 15 is 0 Å². The van der Waals surface area contributed by atoms with Crippen LogP contribution in [-0.4, -0.2) is 81.8 Å². The first-order valence-electron chi connectivity index (χ1n) is 17.1. The summed E-state index contributed by atoms with van der Waals surface area (Å²) in [4.78, 5) is 15.4. The van der Waals surface area contributed by atoms with Crippen LogP contribution in [0.1, 0.15) is 95.6 Å². The van der Waals surface area contributed by atoms with Crippen molar-refractivity contribution in [3.63, 3.8) is 0 Å². The van der Waals surface area contributed by atoms with Crippen molar-refractivity contribution in [3.8, 4) is 11.5 Å². The standard InChI is InChI=1S/C33H52N8O3/c1-6-8-12-26-28(38-44-29(26)33(15-9-7-2)42-17-18-43-33)30-35-31(40-20-22(3)13-14-24(40)19-34)27-23(4)37-41(32(27)36-30)21-25-11-10-16-39(25)5/h22,24-25H,6-21,34H2,1-5H3/t22?,24-,25?/m1/s1. The van der Waals surface area contributed by atoms with Crippen LogP contribution in [-0.2, 0) is 28.2 Å². The van der Waals surface area contributed by atoms with Crippen LogP contribution in [0.5, 0.6) is 0 Å². The molecule has 3 atom stereocenters. The molecule has 242 valence electrons. The van der Waals surface area contributed by atoms with Gasteiger partial charge in [-0.2, -0.15) is 5.10 Å². The van der Waals surface area contributed by atoms with Crippen LogP contribution in [0.25, 0.3) is 22.6 Å². The highest BCUT2D eigenvalue weighted by Crippen LogP contribution is 2.42. The highest BCUT2D eigenvalue weighted by Gasteiger charge is 2.45. The fourth-order valence-electron chi connectivity index (χ4n) is 7.41. The van der Waals surface area contributed by atoms with E-state index in [0.717, 1.165) is 99.1 Å². The van der Waals surface area contributed by atoms with Crippen molar-refractivity contribution in [2.75, 3.05) is 44.8 Å². The second kappa shape index (κ2) is 13.4. The lowest BCUT2D eigenvalue weighted by atomic mass is 9.94. The number of ether oxygens (including phenoxy) is 2. The third-order valence-corrected chi connectivity index (χ3v) is 10.0. The number of nitrogens with zero attached hydrogens (tertiary/aromatic N) is 7. The van der Waals surface area contributed by atoms with E-state index in [1.807, 2.05) is 0 Å². The number of anilines is 1. The largest absolute Gasteiger partial charge is 0.355 e. The molecule has 11 heteroatoms. The molecule has 6 heterocycles. The maximum absolute atomic E-state index is 6.38. The van der Waals surface area contributed by atoms with Gasteiger partial charge in [0.25, 0.3) is 0 Å². The van der Waals surface area contributed by atoms with Gasteiger partial charge in [0.1, 0.15) is 5.82 Å². The minimum atomic E-state index is -0.907. The number of piperidine rings is 1. The van der Waals surface area contributed by atoms with Gasteiger partial charge in [0.15, 0.2) is 22.9 Å². The van der Waals surface area contributed by atoms with Crippen LogP contribution in [0.3, 0.4) is 0 Å². The Morgan fingerprint density at radius 3 is 2.52 bits per heavy atom. The summed E-state index contributed by atoms with van der Waals surface area (Å²) in [6.07, 6.45) is 10.1. The monoisotopic (exact) mass is 608 g/mol. The molecule has 0 aliphatic carbocycles. The zero-order valence-corrected chi connectivity index (χ0v) is 27.5. The lowest BCUT2D eigenvalue weighted by molar-refractivity contribution is -0.186. The number of aromatic nitrogens is 5. The zero-order valence-electron chi connectivity index (χ0n) is 27.5. The highest BCUT2D eigenvalue weighted by atomic mass is 16.7. The quantitative estimate of drug-likeness (QED) is 0.294. The number of fused-ring (bicyclic) bond motifs is 1. The number of unbranched alkanes of at least 4 members (excludes halogenated alkanes) is 2. The molecule has 6 rings (SSSR count). The summed E-state index contributed by atoms with van der Waals surface area (Å²) < 4.78 is 20.9. The molecule has 0 amide bonds. The Balaban J connectivity index is 1.53. The normalized spacial score (nSPS) is 24.2. The number of hydrogen-bond donors (Lipinski definition) is 1. The second-order valence-corrected chi connectivity index (χ2v) is 13.3. The van der Waals surface area contributed by atoms with Crippen molar-refractivity contribution < 1.29 is 14.0 Å². The third kappa shape index (κ3) is 5.88. The van der Waals surface area contributed by atoms with Crippen molar-refractivity contribution in [3.05, 3.63) is 17.0 Å². The SMILES string of the molecule is CCCCc1c(-c2nc(N3CC(C)CC[C@@H]3CN)c3c(C)nn(CC4CCCN4C)c3n2)noc1C1(CCCC)OCCO1. The number of hydrogen-bond acceptors (Lipinski definition) is 10. The summed E-state index contributed by atoms with van der Waals surface area (Å²) in [7, 11) is 2.21. The van der Waals surface area contributed by atoms with Gasteiger partial charge in [0.05, 0.1) is 30.8 Å². The Morgan fingerprint density at radius 2 is 1.82 bits per heavy atom. The molecule has 11 nitrogen and oxygen atoms in total. The smallest absolute Gasteiger partial charge is 0.231 e. The zero-order chi connectivity index (χ0) is 30.8. The minimum absolute atomic E-state index is 0.214. The Bertz CT molecular complexity index is 1410. The summed E-state index contributed by atoms with van der Waals surface area (Å²) in [6.45, 7) is 13.3. The molecule has 3 aliphatic heterocycles. The van der Waals surface area contributed by atoms with Gasteiger partial charge in [-0.25, -0.2) is 14.6 Å². The first-order chi connectivity index (χ1) is 21.4. The number of aryl methyl sites for hydroxylation is 1. The van der Waals surface area contributed by atoms with E-state index in [9.17, 15) is 0 Å². The lowest BCUT2D eigenvalue weighted by Crippen LogP contribution is -2.47. The van der Waals surface area contributed by atoms with E-state index in [1.54, 1.807) is 0 Å². The van der Waals surface area contributed by atoms with Crippen LogP contribution in [0.4, 0.5) is 5.82 Å². The van der Waals surface area contributed by atoms with Crippen molar-refractivity contribution in [1.82, 2.24) is 29.8 Å². The average molecular weight is 609 g/mol. The van der Waals surface area contributed by atoms with Gasteiger partial charge in [-0.3, -0.25) is 0 Å². The number of rotatable bonds is 12. The molecule has 0 spiro atoms. The Labute approximate surface area is 261 Å². The van der Waals surface area contributed by atoms with Crippen LogP contribution < -0.4 is 10.6 Å². The van der Waals surface area contributed by atoms with Crippen molar-refractivity contribution in [2.24, 2.45) is 11.7 Å². The minimum Gasteiger partial charge on any atom is -0.355 e. The van der Waals surface area contributed by atoms with E-state index in [4.69, 9.17) is 40.0 Å². The molecule has 3 aliphatic rings. The summed E-state index contributed by atoms with van der Waals surface area (Å²) in [6, 6.07) is 0.644. The van der Waals surface area contributed by atoms with Crippen LogP contribution >= 0.6 is 0 Å². The van der Waals surface area contributed by atoms with Gasteiger partial charge >= 0.3 is 0 Å². The molecular formula is C33H52N8O3. The van der Waals surface area contributed by atoms with Crippen LogP contribution in [0.15, 0.2) is 4.52 Å². The highest BCUT2D eigenvalue weighted by molar-refractivity contribution is 5.91. The van der Waals surface area contributed by atoms with Gasteiger partial charge in [0.2, 0.25) is 5.79 Å². The topological polar surface area (TPSA) is 121 Å². The van der Waals surface area contributed by atoms with Crippen molar-refractivity contribution >= 4 is 16.9 Å². The van der Waals surface area contributed by atoms with Crippen LogP contribution in [0.2, 0.25) is 0 Å². The summed E-state index contributed by atoms with van der Waals surface area (Å²) in [5.41, 5.74) is 9.87. The van der Waals surface area contributed by atoms with Gasteiger partial charge in [-0.05, 0) is 71.4 Å². The molecule has 44 heavy (non-hydrogen) atoms. The lowest BCUT2D eigenvalue weighted by Gasteiger charge is -2.39. The van der Waals surface area contributed by atoms with E-state index in [2.05, 4.69) is 49.2 Å². The predicted octanol–water partition coefficient (Wildman–Crippen LogP) is 5.18. The van der Waals surface area contributed by atoms with E-state index in [-0.39, 0.29) is 6.04 Å². The van der Waals surface area contributed by atoms with E-state index in [1.165, 1.54) is 12.8 Å². The Kier molecular flexibility index (Phi) is 9.56. The number of nitrogens with two attached hydrogens (primary N) is 1. The van der Waals surface area contributed by atoms with Crippen molar-refractivity contribution in [1.29, 1.82) is 0 Å². The van der Waals surface area contributed by atoms with Crippen LogP contribution in [0, 0.1) is 12.8 Å². The molecular weight excluding hydrogens is 556 g/mol.